The number of anilines is 2. The van der Waals surface area contributed by atoms with Gasteiger partial charge in [-0.05, 0) is 36.4 Å². The minimum atomic E-state index is -0.566. The van der Waals surface area contributed by atoms with Gasteiger partial charge in [-0.1, -0.05) is 6.07 Å². The number of carbonyl (C=O) groups is 1. The van der Waals surface area contributed by atoms with Crippen LogP contribution in [0.25, 0.3) is 0 Å². The van der Waals surface area contributed by atoms with Crippen molar-refractivity contribution in [3.8, 4) is 0 Å². The van der Waals surface area contributed by atoms with E-state index in [1.165, 1.54) is 18.2 Å². The lowest BCUT2D eigenvalue weighted by molar-refractivity contribution is 0.102. The van der Waals surface area contributed by atoms with Gasteiger partial charge in [-0.3, -0.25) is 4.79 Å². The highest BCUT2D eigenvalue weighted by Crippen LogP contribution is 2.19. The topological polar surface area (TPSA) is 32.3 Å². The Morgan fingerprint density at radius 1 is 1.20 bits per heavy atom. The zero-order chi connectivity index (χ0) is 14.7. The minimum absolute atomic E-state index is 0.0206. The van der Waals surface area contributed by atoms with E-state index in [4.69, 9.17) is 0 Å². The Kier molecular flexibility index (Phi) is 4.29. The highest BCUT2D eigenvalue weighted by Gasteiger charge is 2.12. The summed E-state index contributed by atoms with van der Waals surface area (Å²) in [6, 6.07) is 11.5. The summed E-state index contributed by atoms with van der Waals surface area (Å²) >= 11 is 4.11. The summed E-state index contributed by atoms with van der Waals surface area (Å²) in [5.41, 5.74) is 1.55. The second-order valence-corrected chi connectivity index (χ2v) is 5.08. The summed E-state index contributed by atoms with van der Waals surface area (Å²) in [5.74, 6) is -1.06. The molecule has 104 valence electrons. The van der Waals surface area contributed by atoms with Crippen LogP contribution in [-0.2, 0) is 0 Å². The van der Waals surface area contributed by atoms with E-state index in [1.54, 1.807) is 6.07 Å². The predicted molar refractivity (Wildman–Crippen MR) is 82.4 cm³/mol. The first-order chi connectivity index (χ1) is 9.47. The minimum Gasteiger partial charge on any atom is -0.378 e. The maximum atomic E-state index is 13.6. The molecule has 0 aromatic heterocycles. The molecule has 0 aliphatic rings. The quantitative estimate of drug-likeness (QED) is 0.849. The molecule has 2 aromatic rings. The molecule has 0 bridgehead atoms. The Balaban J connectivity index is 2.23. The van der Waals surface area contributed by atoms with Crippen molar-refractivity contribution in [2.45, 2.75) is 4.90 Å². The van der Waals surface area contributed by atoms with Crippen molar-refractivity contribution in [1.82, 2.24) is 0 Å². The molecule has 0 atom stereocenters. The fraction of sp³-hybridized carbons (Fsp3) is 0.133. The standard InChI is InChI=1S/C15H15FN2OS/c1-18(2)11-5-3-4-10(8-11)17-15(19)13-9-12(20)6-7-14(13)16/h3-9,20H,1-2H3,(H,17,19). The molecule has 0 saturated heterocycles. The molecule has 0 saturated carbocycles. The lowest BCUT2D eigenvalue weighted by Gasteiger charge is -2.14. The fourth-order valence-corrected chi connectivity index (χ4v) is 1.95. The van der Waals surface area contributed by atoms with Crippen molar-refractivity contribution in [2.24, 2.45) is 0 Å². The van der Waals surface area contributed by atoms with Crippen LogP contribution in [0.2, 0.25) is 0 Å². The molecule has 0 fully saturated rings. The highest BCUT2D eigenvalue weighted by atomic mass is 32.1. The van der Waals surface area contributed by atoms with E-state index in [9.17, 15) is 9.18 Å². The Morgan fingerprint density at radius 2 is 1.95 bits per heavy atom. The average molecular weight is 290 g/mol. The van der Waals surface area contributed by atoms with Crippen LogP contribution in [0.3, 0.4) is 0 Å². The number of rotatable bonds is 3. The number of nitrogens with zero attached hydrogens (tertiary/aromatic N) is 1. The molecule has 2 aromatic carbocycles. The van der Waals surface area contributed by atoms with Crippen molar-refractivity contribution in [3.05, 3.63) is 53.8 Å². The molecular formula is C15H15FN2OS. The van der Waals surface area contributed by atoms with Gasteiger partial charge < -0.3 is 10.2 Å². The molecule has 0 aliphatic carbocycles. The highest BCUT2D eigenvalue weighted by molar-refractivity contribution is 7.80. The number of benzene rings is 2. The number of amides is 1. The Labute approximate surface area is 122 Å². The molecule has 1 N–H and O–H groups in total. The van der Waals surface area contributed by atoms with Crippen LogP contribution in [0.15, 0.2) is 47.4 Å². The summed E-state index contributed by atoms with van der Waals surface area (Å²) in [6.07, 6.45) is 0. The second kappa shape index (κ2) is 5.96. The third kappa shape index (κ3) is 3.30. The van der Waals surface area contributed by atoms with Gasteiger partial charge in [0.1, 0.15) is 5.82 Å². The smallest absolute Gasteiger partial charge is 0.258 e. The van der Waals surface area contributed by atoms with Crippen molar-refractivity contribution in [2.75, 3.05) is 24.3 Å². The summed E-state index contributed by atoms with van der Waals surface area (Å²) in [5, 5.41) is 2.68. The number of hydrogen-bond acceptors (Lipinski definition) is 3. The third-order valence-electron chi connectivity index (χ3n) is 2.81. The van der Waals surface area contributed by atoms with E-state index in [-0.39, 0.29) is 5.56 Å². The number of halogens is 1. The lowest BCUT2D eigenvalue weighted by Crippen LogP contribution is -2.14. The molecule has 1 amide bonds. The van der Waals surface area contributed by atoms with Crippen LogP contribution < -0.4 is 10.2 Å². The normalized spacial score (nSPS) is 10.2. The molecule has 20 heavy (non-hydrogen) atoms. The molecule has 2 rings (SSSR count). The molecule has 0 unspecified atom stereocenters. The van der Waals surface area contributed by atoms with Gasteiger partial charge in [0.25, 0.3) is 5.91 Å². The van der Waals surface area contributed by atoms with Gasteiger partial charge in [-0.2, -0.15) is 0 Å². The van der Waals surface area contributed by atoms with Crippen molar-refractivity contribution in [3.63, 3.8) is 0 Å². The van der Waals surface area contributed by atoms with Gasteiger partial charge in [0, 0.05) is 30.4 Å². The first-order valence-electron chi connectivity index (χ1n) is 6.04. The number of carbonyl (C=O) groups excluding carboxylic acids is 1. The SMILES string of the molecule is CN(C)c1cccc(NC(=O)c2cc(S)ccc2F)c1. The molecule has 0 spiro atoms. The van der Waals surface area contributed by atoms with Gasteiger partial charge in [-0.25, -0.2) is 4.39 Å². The summed E-state index contributed by atoms with van der Waals surface area (Å²) in [7, 11) is 3.82. The molecular weight excluding hydrogens is 275 g/mol. The number of nitrogens with one attached hydrogen (secondary N) is 1. The molecule has 0 heterocycles. The Morgan fingerprint density at radius 3 is 2.65 bits per heavy atom. The van der Waals surface area contributed by atoms with E-state index >= 15 is 0 Å². The van der Waals surface area contributed by atoms with Crippen LogP contribution in [0, 0.1) is 5.82 Å². The molecule has 0 radical (unpaired) electrons. The van der Waals surface area contributed by atoms with Crippen LogP contribution in [0.5, 0.6) is 0 Å². The van der Waals surface area contributed by atoms with Gasteiger partial charge in [0.2, 0.25) is 0 Å². The number of thiol groups is 1. The van der Waals surface area contributed by atoms with Crippen LogP contribution in [-0.4, -0.2) is 20.0 Å². The van der Waals surface area contributed by atoms with Crippen LogP contribution in [0.1, 0.15) is 10.4 Å². The summed E-state index contributed by atoms with van der Waals surface area (Å²) in [6.45, 7) is 0. The van der Waals surface area contributed by atoms with Gasteiger partial charge in [0.05, 0.1) is 5.56 Å². The van der Waals surface area contributed by atoms with E-state index in [1.807, 2.05) is 37.2 Å². The largest absolute Gasteiger partial charge is 0.378 e. The van der Waals surface area contributed by atoms with E-state index in [2.05, 4.69) is 17.9 Å². The van der Waals surface area contributed by atoms with Crippen molar-refractivity contribution in [1.29, 1.82) is 0 Å². The maximum Gasteiger partial charge on any atom is 0.258 e. The zero-order valence-electron chi connectivity index (χ0n) is 11.2. The van der Waals surface area contributed by atoms with Gasteiger partial charge in [0.15, 0.2) is 0 Å². The van der Waals surface area contributed by atoms with Crippen molar-refractivity contribution >= 4 is 29.9 Å². The van der Waals surface area contributed by atoms with E-state index < -0.39 is 11.7 Å². The first kappa shape index (κ1) is 14.4. The van der Waals surface area contributed by atoms with E-state index in [0.717, 1.165) is 5.69 Å². The lowest BCUT2D eigenvalue weighted by atomic mass is 10.2. The van der Waals surface area contributed by atoms with Crippen LogP contribution in [0.4, 0.5) is 15.8 Å². The first-order valence-corrected chi connectivity index (χ1v) is 6.49. The average Bonchev–Trinajstić information content (AvgIpc) is 2.41. The Hall–Kier alpha value is -2.01. The molecule has 5 heteroatoms. The summed E-state index contributed by atoms with van der Waals surface area (Å²) in [4.78, 5) is 14.5. The fourth-order valence-electron chi connectivity index (χ4n) is 1.75. The number of hydrogen-bond donors (Lipinski definition) is 2. The zero-order valence-corrected chi connectivity index (χ0v) is 12.1. The molecule has 0 aliphatic heterocycles. The van der Waals surface area contributed by atoms with Gasteiger partial charge in [-0.15, -0.1) is 12.6 Å². The van der Waals surface area contributed by atoms with Gasteiger partial charge >= 0.3 is 0 Å². The van der Waals surface area contributed by atoms with Crippen LogP contribution >= 0.6 is 12.6 Å². The molecule has 3 nitrogen and oxygen atoms in total. The second-order valence-electron chi connectivity index (χ2n) is 4.56. The summed E-state index contributed by atoms with van der Waals surface area (Å²) < 4.78 is 13.6. The monoisotopic (exact) mass is 290 g/mol. The Bertz CT molecular complexity index is 644. The maximum absolute atomic E-state index is 13.6. The predicted octanol–water partition coefficient (Wildman–Crippen LogP) is 3.43. The third-order valence-corrected chi connectivity index (χ3v) is 3.09. The van der Waals surface area contributed by atoms with Crippen molar-refractivity contribution < 1.29 is 9.18 Å². The van der Waals surface area contributed by atoms with E-state index in [0.29, 0.717) is 10.6 Å².